The third-order valence-corrected chi connectivity index (χ3v) is 7.72. The first-order chi connectivity index (χ1) is 17.4. The Labute approximate surface area is 207 Å². The summed E-state index contributed by atoms with van der Waals surface area (Å²) >= 11 is 0. The molecule has 4 atom stereocenters. The zero-order valence-corrected chi connectivity index (χ0v) is 19.7. The number of aromatic nitrogens is 2. The van der Waals surface area contributed by atoms with E-state index >= 15 is 4.39 Å². The Kier molecular flexibility index (Phi) is 5.91. The molecular formula is C26H29FN4O5. The van der Waals surface area contributed by atoms with Crippen LogP contribution in [0.2, 0.25) is 0 Å². The molecule has 190 valence electrons. The van der Waals surface area contributed by atoms with Crippen LogP contribution in [-0.2, 0) is 14.3 Å². The van der Waals surface area contributed by atoms with E-state index in [9.17, 15) is 9.90 Å². The number of pyridine rings is 1. The van der Waals surface area contributed by atoms with Crippen molar-refractivity contribution >= 4 is 17.4 Å². The van der Waals surface area contributed by atoms with Crippen LogP contribution in [0.4, 0.5) is 4.39 Å². The van der Waals surface area contributed by atoms with Crippen LogP contribution >= 0.6 is 0 Å². The molecule has 36 heavy (non-hydrogen) atoms. The molecular weight excluding hydrogens is 467 g/mol. The zero-order valence-electron chi connectivity index (χ0n) is 19.7. The molecule has 0 bridgehead atoms. The number of fused-ring (bicyclic) bond motifs is 2. The van der Waals surface area contributed by atoms with Gasteiger partial charge in [-0.2, -0.15) is 0 Å². The summed E-state index contributed by atoms with van der Waals surface area (Å²) in [6.07, 6.45) is 2.63. The lowest BCUT2D eigenvalue weighted by Gasteiger charge is -2.28. The fourth-order valence-electron chi connectivity index (χ4n) is 5.69. The molecule has 10 heteroatoms. The molecule has 1 aliphatic carbocycles. The second-order valence-electron chi connectivity index (χ2n) is 9.93. The minimum Gasteiger partial charge on any atom is -0.468 e. The number of rotatable bonds is 6. The van der Waals surface area contributed by atoms with Gasteiger partial charge in [-0.3, -0.25) is 10.5 Å². The van der Waals surface area contributed by atoms with Crippen molar-refractivity contribution in [2.24, 2.45) is 5.73 Å². The second kappa shape index (κ2) is 9.11. The van der Waals surface area contributed by atoms with E-state index in [0.29, 0.717) is 28.4 Å². The Morgan fingerprint density at radius 3 is 2.72 bits per heavy atom. The smallest absolute Gasteiger partial charge is 0.207 e. The molecule has 2 saturated heterocycles. The van der Waals surface area contributed by atoms with Gasteiger partial charge in [0.2, 0.25) is 6.41 Å². The number of ether oxygens (including phenoxy) is 3. The largest absolute Gasteiger partial charge is 0.468 e. The third kappa shape index (κ3) is 4.03. The van der Waals surface area contributed by atoms with Crippen molar-refractivity contribution in [3.8, 4) is 17.1 Å². The Hall–Kier alpha value is -3.05. The summed E-state index contributed by atoms with van der Waals surface area (Å²) in [6.45, 7) is 0.253. The summed E-state index contributed by atoms with van der Waals surface area (Å²) in [6, 6.07) is 11.2. The molecule has 1 amide bonds. The number of carbonyl (C=O) groups is 1. The molecule has 5 N–H and O–H groups in total. The molecule has 6 rings (SSSR count). The molecule has 2 unspecified atom stereocenters. The van der Waals surface area contributed by atoms with Gasteiger partial charge in [0.15, 0.2) is 23.5 Å². The number of carbonyl (C=O) groups excluding carboxylic acids is 1. The number of aliphatic hydroxyl groups is 1. The van der Waals surface area contributed by atoms with Gasteiger partial charge in [0, 0.05) is 23.7 Å². The fraction of sp³-hybridized carbons (Fsp3) is 0.462. The lowest BCUT2D eigenvalue weighted by molar-refractivity contribution is -0.110. The summed E-state index contributed by atoms with van der Waals surface area (Å²) in [5, 5.41) is 12.9. The van der Waals surface area contributed by atoms with E-state index in [1.807, 2.05) is 24.3 Å². The van der Waals surface area contributed by atoms with Gasteiger partial charge in [0.25, 0.3) is 0 Å². The second-order valence-corrected chi connectivity index (χ2v) is 9.93. The maximum absolute atomic E-state index is 15.0. The molecule has 3 aromatic rings. The highest BCUT2D eigenvalue weighted by Gasteiger charge is 2.59. The van der Waals surface area contributed by atoms with Crippen molar-refractivity contribution in [2.45, 2.75) is 61.7 Å². The van der Waals surface area contributed by atoms with E-state index in [1.165, 1.54) is 11.6 Å². The molecule has 1 saturated carbocycles. The summed E-state index contributed by atoms with van der Waals surface area (Å²) in [7, 11) is 0. The SMILES string of the molecule is N[C@]12OCC(O)[C@H]1OCC2Oc1cc2nc(-c3ccc(C4CCC(NC=O)CC4)cc3)c(F)cc2[nH]1. The first-order valence-electron chi connectivity index (χ1n) is 12.3. The number of aliphatic hydroxyl groups excluding tert-OH is 1. The van der Waals surface area contributed by atoms with Gasteiger partial charge in [0.05, 0.1) is 24.2 Å². The van der Waals surface area contributed by atoms with Crippen molar-refractivity contribution in [1.82, 2.24) is 15.3 Å². The maximum Gasteiger partial charge on any atom is 0.207 e. The Balaban J connectivity index is 1.19. The maximum atomic E-state index is 15.0. The normalized spacial score (nSPS) is 31.9. The summed E-state index contributed by atoms with van der Waals surface area (Å²) in [5.41, 5.74) is 8.30. The van der Waals surface area contributed by atoms with Crippen LogP contribution < -0.4 is 15.8 Å². The molecule has 4 heterocycles. The van der Waals surface area contributed by atoms with E-state index in [2.05, 4.69) is 15.3 Å². The van der Waals surface area contributed by atoms with Crippen molar-refractivity contribution < 1.29 is 28.5 Å². The highest BCUT2D eigenvalue weighted by atomic mass is 19.1. The molecule has 1 aromatic carbocycles. The van der Waals surface area contributed by atoms with E-state index < -0.39 is 29.9 Å². The van der Waals surface area contributed by atoms with Crippen LogP contribution in [0, 0.1) is 5.82 Å². The lowest BCUT2D eigenvalue weighted by atomic mass is 9.81. The molecule has 0 radical (unpaired) electrons. The van der Waals surface area contributed by atoms with E-state index in [4.69, 9.17) is 19.9 Å². The van der Waals surface area contributed by atoms with Gasteiger partial charge < -0.3 is 29.6 Å². The van der Waals surface area contributed by atoms with Crippen LogP contribution in [-0.4, -0.2) is 64.8 Å². The topological polar surface area (TPSA) is 132 Å². The van der Waals surface area contributed by atoms with Gasteiger partial charge in [-0.05, 0) is 37.2 Å². The standard InChI is InChI=1S/C26H29FN4O5/c27-18-9-19-20(10-23(30-19)36-22-12-34-25-21(33)11-35-26(22,25)28)31-24(18)16-3-1-14(2-4-16)15-5-7-17(8-6-15)29-13-32/h1-4,9-10,13,15,17,21-22,25,30,33H,5-8,11-12,28H2,(H,29,32)/t15?,17?,21?,22?,25-,26-/m1/s1. The first kappa shape index (κ1) is 23.4. The quantitative estimate of drug-likeness (QED) is 0.385. The van der Waals surface area contributed by atoms with Crippen molar-refractivity contribution in [1.29, 1.82) is 0 Å². The number of aromatic amines is 1. The summed E-state index contributed by atoms with van der Waals surface area (Å²) in [4.78, 5) is 18.2. The number of nitrogens with one attached hydrogen (secondary N) is 2. The number of hydrogen-bond donors (Lipinski definition) is 4. The number of hydrogen-bond acceptors (Lipinski definition) is 7. The van der Waals surface area contributed by atoms with Gasteiger partial charge >= 0.3 is 0 Å². The number of nitrogens with two attached hydrogens (primary N) is 1. The lowest BCUT2D eigenvalue weighted by Crippen LogP contribution is -2.57. The molecule has 9 nitrogen and oxygen atoms in total. The summed E-state index contributed by atoms with van der Waals surface area (Å²) in [5.74, 6) is 0.363. The van der Waals surface area contributed by atoms with Crippen LogP contribution in [0.25, 0.3) is 22.3 Å². The van der Waals surface area contributed by atoms with Crippen LogP contribution in [0.3, 0.4) is 0 Å². The molecule has 2 aromatic heterocycles. The highest BCUT2D eigenvalue weighted by molar-refractivity contribution is 5.80. The highest BCUT2D eigenvalue weighted by Crippen LogP contribution is 2.37. The fourth-order valence-corrected chi connectivity index (χ4v) is 5.69. The number of benzene rings is 1. The number of halogens is 1. The third-order valence-electron chi connectivity index (χ3n) is 7.72. The predicted molar refractivity (Wildman–Crippen MR) is 129 cm³/mol. The van der Waals surface area contributed by atoms with Gasteiger partial charge in [-0.1, -0.05) is 24.3 Å². The zero-order chi connectivity index (χ0) is 24.9. The van der Waals surface area contributed by atoms with E-state index in [0.717, 1.165) is 32.1 Å². The number of H-pyrrole nitrogens is 1. The monoisotopic (exact) mass is 496 g/mol. The number of amides is 1. The van der Waals surface area contributed by atoms with E-state index in [-0.39, 0.29) is 24.9 Å². The van der Waals surface area contributed by atoms with Crippen LogP contribution in [0.1, 0.15) is 37.2 Å². The number of nitrogens with zero attached hydrogens (tertiary/aromatic N) is 1. The first-order valence-corrected chi connectivity index (χ1v) is 12.3. The summed E-state index contributed by atoms with van der Waals surface area (Å²) < 4.78 is 32.2. The average molecular weight is 497 g/mol. The Morgan fingerprint density at radius 2 is 1.97 bits per heavy atom. The van der Waals surface area contributed by atoms with Gasteiger partial charge in [0.1, 0.15) is 17.9 Å². The van der Waals surface area contributed by atoms with Gasteiger partial charge in [-0.15, -0.1) is 0 Å². The van der Waals surface area contributed by atoms with Gasteiger partial charge in [-0.25, -0.2) is 9.37 Å². The van der Waals surface area contributed by atoms with Crippen molar-refractivity contribution in [3.05, 3.63) is 47.8 Å². The average Bonchev–Trinajstić information content (AvgIpc) is 3.52. The minimum atomic E-state index is -1.24. The van der Waals surface area contributed by atoms with Crippen LogP contribution in [0.15, 0.2) is 36.4 Å². The molecule has 3 aliphatic rings. The predicted octanol–water partition coefficient (Wildman–Crippen LogP) is 2.33. The Morgan fingerprint density at radius 1 is 1.19 bits per heavy atom. The van der Waals surface area contributed by atoms with Crippen molar-refractivity contribution in [2.75, 3.05) is 13.2 Å². The Bertz CT molecular complexity index is 1260. The van der Waals surface area contributed by atoms with E-state index in [1.54, 1.807) is 6.07 Å². The molecule has 2 aliphatic heterocycles. The molecule has 3 fully saturated rings. The molecule has 0 spiro atoms. The van der Waals surface area contributed by atoms with Crippen molar-refractivity contribution in [3.63, 3.8) is 0 Å². The van der Waals surface area contributed by atoms with Crippen LogP contribution in [0.5, 0.6) is 5.88 Å². The minimum absolute atomic E-state index is 0.0846.